The van der Waals surface area contributed by atoms with Crippen molar-refractivity contribution in [1.29, 1.82) is 0 Å². The topological polar surface area (TPSA) is 0 Å². The van der Waals surface area contributed by atoms with Gasteiger partial charge in [-0.3, -0.25) is 0 Å². The van der Waals surface area contributed by atoms with E-state index >= 15 is 0 Å². The van der Waals surface area contributed by atoms with Crippen LogP contribution in [0.1, 0.15) is 31.2 Å². The first-order valence-corrected chi connectivity index (χ1v) is 5.81. The van der Waals surface area contributed by atoms with Crippen LogP contribution in [0.25, 0.3) is 0 Å². The van der Waals surface area contributed by atoms with Crippen molar-refractivity contribution in [3.8, 4) is 0 Å². The van der Waals surface area contributed by atoms with Crippen molar-refractivity contribution in [2.24, 2.45) is 5.41 Å². The molecule has 0 spiro atoms. The fourth-order valence-corrected chi connectivity index (χ4v) is 1.63. The van der Waals surface area contributed by atoms with Crippen LogP contribution >= 0.6 is 11.6 Å². The molecule has 0 nitrogen and oxygen atoms in total. The standard InChI is InChI=1S/C11H15ClSe/c1-11(2,3)10(13)8-4-6-9(12)7-5-8/h4-7,10,13H,1-3H3. The molecule has 1 rings (SSSR count). The molecule has 72 valence electrons. The van der Waals surface area contributed by atoms with Crippen LogP contribution in [0.2, 0.25) is 5.02 Å². The minimum absolute atomic E-state index is 0.286. The van der Waals surface area contributed by atoms with Crippen LogP contribution in [0.3, 0.4) is 0 Å². The van der Waals surface area contributed by atoms with Gasteiger partial charge in [-0.15, -0.1) is 0 Å². The maximum atomic E-state index is 5.83. The van der Waals surface area contributed by atoms with Crippen LogP contribution in [0.15, 0.2) is 24.3 Å². The molecule has 0 amide bonds. The van der Waals surface area contributed by atoms with E-state index in [1.165, 1.54) is 5.56 Å². The van der Waals surface area contributed by atoms with Crippen LogP contribution in [0.5, 0.6) is 0 Å². The predicted octanol–water partition coefficient (Wildman–Crippen LogP) is 3.33. The Bertz CT molecular complexity index is 271. The fourth-order valence-electron chi connectivity index (χ4n) is 1.15. The molecule has 0 aliphatic heterocycles. The average Bonchev–Trinajstić information content (AvgIpc) is 2.03. The van der Waals surface area contributed by atoms with Crippen molar-refractivity contribution in [2.75, 3.05) is 0 Å². The summed E-state index contributed by atoms with van der Waals surface area (Å²) in [5.74, 6) is 0. The molecule has 1 aromatic carbocycles. The summed E-state index contributed by atoms with van der Waals surface area (Å²) in [4.78, 5) is 0.497. The fraction of sp³-hybridized carbons (Fsp3) is 0.455. The quantitative estimate of drug-likeness (QED) is 0.680. The molecule has 0 heterocycles. The van der Waals surface area contributed by atoms with E-state index in [1.807, 2.05) is 12.1 Å². The van der Waals surface area contributed by atoms with Gasteiger partial charge in [-0.1, -0.05) is 0 Å². The second-order valence-corrected chi connectivity index (χ2v) is 5.84. The number of halogens is 1. The molecule has 1 aromatic rings. The Kier molecular flexibility index (Phi) is 3.45. The number of hydrogen-bond acceptors (Lipinski definition) is 0. The zero-order chi connectivity index (χ0) is 10.1. The Labute approximate surface area is 93.5 Å². The van der Waals surface area contributed by atoms with E-state index in [-0.39, 0.29) is 5.41 Å². The third-order valence-electron chi connectivity index (χ3n) is 2.01. The zero-order valence-corrected chi connectivity index (χ0v) is 10.8. The molecular formula is C11H15ClSe. The van der Waals surface area contributed by atoms with Gasteiger partial charge in [0.05, 0.1) is 0 Å². The van der Waals surface area contributed by atoms with Gasteiger partial charge in [0, 0.05) is 0 Å². The molecule has 2 heteroatoms. The van der Waals surface area contributed by atoms with Gasteiger partial charge in [0.1, 0.15) is 0 Å². The first-order valence-electron chi connectivity index (χ1n) is 4.35. The maximum absolute atomic E-state index is 5.83. The first-order chi connectivity index (χ1) is 5.91. The molecule has 0 N–H and O–H groups in total. The van der Waals surface area contributed by atoms with Crippen LogP contribution in [0, 0.1) is 5.41 Å². The van der Waals surface area contributed by atoms with E-state index < -0.39 is 0 Å². The monoisotopic (exact) mass is 262 g/mol. The van der Waals surface area contributed by atoms with Crippen molar-refractivity contribution in [3.05, 3.63) is 34.9 Å². The molecule has 0 bridgehead atoms. The third kappa shape index (κ3) is 3.02. The van der Waals surface area contributed by atoms with Gasteiger partial charge in [-0.25, -0.2) is 0 Å². The van der Waals surface area contributed by atoms with Crippen LogP contribution in [-0.2, 0) is 0 Å². The summed E-state index contributed by atoms with van der Waals surface area (Å²) in [5.41, 5.74) is 1.62. The molecule has 0 aromatic heterocycles. The zero-order valence-electron chi connectivity index (χ0n) is 8.21. The van der Waals surface area contributed by atoms with Crippen molar-refractivity contribution in [2.45, 2.75) is 25.6 Å². The van der Waals surface area contributed by atoms with Crippen LogP contribution in [-0.4, -0.2) is 16.0 Å². The first kappa shape index (κ1) is 11.1. The Morgan fingerprint density at radius 2 is 1.62 bits per heavy atom. The van der Waals surface area contributed by atoms with Gasteiger partial charge in [0.15, 0.2) is 0 Å². The Morgan fingerprint density at radius 3 is 2.00 bits per heavy atom. The van der Waals surface area contributed by atoms with Gasteiger partial charge >= 0.3 is 93.5 Å². The van der Waals surface area contributed by atoms with Gasteiger partial charge in [-0.05, 0) is 0 Å². The van der Waals surface area contributed by atoms with Crippen LogP contribution in [0.4, 0.5) is 0 Å². The van der Waals surface area contributed by atoms with Gasteiger partial charge in [-0.2, -0.15) is 0 Å². The molecule has 0 saturated carbocycles. The number of hydrogen-bond donors (Lipinski definition) is 0. The second kappa shape index (κ2) is 4.04. The molecule has 0 radical (unpaired) electrons. The minimum atomic E-state index is 0.286. The van der Waals surface area contributed by atoms with Crippen LogP contribution < -0.4 is 0 Å². The Hall–Kier alpha value is 0.0295. The van der Waals surface area contributed by atoms with Crippen molar-refractivity contribution < 1.29 is 0 Å². The summed E-state index contributed by atoms with van der Waals surface area (Å²) in [5, 5.41) is 0.803. The summed E-state index contributed by atoms with van der Waals surface area (Å²) in [6.45, 7) is 6.72. The van der Waals surface area contributed by atoms with E-state index in [4.69, 9.17) is 11.6 Å². The molecule has 13 heavy (non-hydrogen) atoms. The molecule has 0 aliphatic carbocycles. The molecule has 0 aliphatic rings. The third-order valence-corrected chi connectivity index (χ3v) is 4.51. The summed E-state index contributed by atoms with van der Waals surface area (Å²) >= 11 is 8.56. The SMILES string of the molecule is CC(C)(C)C([SeH])c1ccc(Cl)cc1. The predicted molar refractivity (Wildman–Crippen MR) is 60.8 cm³/mol. The summed E-state index contributed by atoms with van der Waals surface area (Å²) in [6, 6.07) is 8.08. The van der Waals surface area contributed by atoms with E-state index in [0.29, 0.717) is 4.82 Å². The van der Waals surface area contributed by atoms with Gasteiger partial charge in [0.25, 0.3) is 0 Å². The molecular weight excluding hydrogens is 247 g/mol. The van der Waals surface area contributed by atoms with Crippen molar-refractivity contribution in [3.63, 3.8) is 0 Å². The summed E-state index contributed by atoms with van der Waals surface area (Å²) in [6.07, 6.45) is 0. The number of benzene rings is 1. The Morgan fingerprint density at radius 1 is 1.15 bits per heavy atom. The molecule has 1 atom stereocenters. The molecule has 0 fully saturated rings. The van der Waals surface area contributed by atoms with E-state index in [1.54, 1.807) is 0 Å². The summed E-state index contributed by atoms with van der Waals surface area (Å²) in [7, 11) is 0. The Balaban J connectivity index is 2.90. The van der Waals surface area contributed by atoms with Crippen molar-refractivity contribution >= 4 is 27.6 Å². The normalized spacial score (nSPS) is 14.2. The van der Waals surface area contributed by atoms with Gasteiger partial charge < -0.3 is 0 Å². The average molecular weight is 262 g/mol. The molecule has 0 saturated heterocycles. The summed E-state index contributed by atoms with van der Waals surface area (Å²) < 4.78 is 0. The van der Waals surface area contributed by atoms with Gasteiger partial charge in [0.2, 0.25) is 0 Å². The molecule has 1 unspecified atom stereocenters. The van der Waals surface area contributed by atoms with E-state index in [2.05, 4.69) is 48.9 Å². The van der Waals surface area contributed by atoms with Crippen molar-refractivity contribution in [1.82, 2.24) is 0 Å². The van der Waals surface area contributed by atoms with E-state index in [0.717, 1.165) is 5.02 Å². The number of rotatable bonds is 1. The van der Waals surface area contributed by atoms with E-state index in [9.17, 15) is 0 Å². The second-order valence-electron chi connectivity index (χ2n) is 4.32.